The van der Waals surface area contributed by atoms with Crippen molar-refractivity contribution in [3.63, 3.8) is 0 Å². The molecular formula is C11H12N4O4S. The van der Waals surface area contributed by atoms with Crippen LogP contribution < -0.4 is 5.32 Å². The molecule has 9 heteroatoms. The van der Waals surface area contributed by atoms with Gasteiger partial charge in [0.15, 0.2) is 22.4 Å². The van der Waals surface area contributed by atoms with Crippen LogP contribution in [0.3, 0.4) is 0 Å². The van der Waals surface area contributed by atoms with Gasteiger partial charge in [-0.05, 0) is 0 Å². The maximum Gasteiger partial charge on any atom is 0.358 e. The van der Waals surface area contributed by atoms with Crippen LogP contribution in [0.5, 0.6) is 0 Å². The number of thiazole rings is 1. The highest BCUT2D eigenvalue weighted by Gasteiger charge is 2.21. The van der Waals surface area contributed by atoms with Gasteiger partial charge in [0.25, 0.3) is 0 Å². The molecule has 0 amide bonds. The zero-order valence-electron chi connectivity index (χ0n) is 10.9. The summed E-state index contributed by atoms with van der Waals surface area (Å²) >= 11 is 1.11. The molecule has 0 aromatic carbocycles. The van der Waals surface area contributed by atoms with Gasteiger partial charge in [0.2, 0.25) is 6.39 Å². The average molecular weight is 296 g/mol. The van der Waals surface area contributed by atoms with Crippen molar-refractivity contribution < 1.29 is 18.8 Å². The van der Waals surface area contributed by atoms with Crippen molar-refractivity contribution in [1.29, 1.82) is 0 Å². The Morgan fingerprint density at radius 2 is 2.30 bits per heavy atom. The largest absolute Gasteiger partial charge is 0.464 e. The third-order valence-corrected chi connectivity index (χ3v) is 3.47. The molecule has 8 nitrogen and oxygen atoms in total. The average Bonchev–Trinajstić information content (AvgIpc) is 3.07. The van der Waals surface area contributed by atoms with Crippen molar-refractivity contribution in [2.24, 2.45) is 0 Å². The van der Waals surface area contributed by atoms with E-state index in [4.69, 9.17) is 0 Å². The lowest BCUT2D eigenvalue weighted by Gasteiger charge is -1.98. The van der Waals surface area contributed by atoms with E-state index in [-0.39, 0.29) is 16.4 Å². The second-order valence-corrected chi connectivity index (χ2v) is 4.77. The van der Waals surface area contributed by atoms with Gasteiger partial charge in [0, 0.05) is 19.9 Å². The summed E-state index contributed by atoms with van der Waals surface area (Å²) in [6, 6.07) is 0. The minimum Gasteiger partial charge on any atom is -0.464 e. The molecule has 0 saturated carbocycles. The molecule has 0 aliphatic rings. The molecule has 0 fully saturated rings. The Labute approximate surface area is 118 Å². The summed E-state index contributed by atoms with van der Waals surface area (Å²) in [5.41, 5.74) is 0.0343. The number of aromatic nitrogens is 3. The quantitative estimate of drug-likeness (QED) is 0.625. The first-order valence-corrected chi connectivity index (χ1v) is 6.52. The molecule has 1 N–H and O–H groups in total. The number of methoxy groups -OCH3 is 1. The van der Waals surface area contributed by atoms with Gasteiger partial charge in [-0.2, -0.15) is 4.98 Å². The van der Waals surface area contributed by atoms with Crippen molar-refractivity contribution in [3.8, 4) is 0 Å². The summed E-state index contributed by atoms with van der Waals surface area (Å²) in [6.07, 6.45) is 1.79. The summed E-state index contributed by atoms with van der Waals surface area (Å²) < 4.78 is 9.21. The number of ketones is 1. The number of anilines is 1. The number of esters is 1. The van der Waals surface area contributed by atoms with Crippen molar-refractivity contribution in [2.75, 3.05) is 19.0 Å². The van der Waals surface area contributed by atoms with Crippen molar-refractivity contribution in [3.05, 3.63) is 22.8 Å². The van der Waals surface area contributed by atoms with Crippen LogP contribution in [0.25, 0.3) is 0 Å². The van der Waals surface area contributed by atoms with Crippen LogP contribution in [0.4, 0.5) is 5.13 Å². The molecule has 20 heavy (non-hydrogen) atoms. The van der Waals surface area contributed by atoms with E-state index in [0.717, 1.165) is 11.3 Å². The number of nitrogens with one attached hydrogen (secondary N) is 1. The molecule has 0 aliphatic heterocycles. The number of nitrogens with zero attached hydrogens (tertiary/aromatic N) is 3. The first kappa shape index (κ1) is 14.1. The minimum absolute atomic E-state index is 0.0343. The lowest BCUT2D eigenvalue weighted by molar-refractivity contribution is 0.0591. The van der Waals surface area contributed by atoms with E-state index < -0.39 is 5.97 Å². The van der Waals surface area contributed by atoms with Gasteiger partial charge >= 0.3 is 5.97 Å². The van der Waals surface area contributed by atoms with Gasteiger partial charge in [-0.1, -0.05) is 16.5 Å². The van der Waals surface area contributed by atoms with Gasteiger partial charge in [0.1, 0.15) is 4.88 Å². The normalized spacial score (nSPS) is 10.3. The van der Waals surface area contributed by atoms with E-state index in [2.05, 4.69) is 29.7 Å². The second-order valence-electron chi connectivity index (χ2n) is 3.77. The molecule has 0 radical (unpaired) electrons. The Balaban J connectivity index is 2.04. The zero-order valence-corrected chi connectivity index (χ0v) is 11.7. The molecule has 0 aliphatic carbocycles. The number of Topliss-reactive ketones (excluding diaryl/α,β-unsaturated/α-hetero) is 1. The van der Waals surface area contributed by atoms with Crippen LogP contribution in [0.15, 0.2) is 10.9 Å². The first-order chi connectivity index (χ1) is 9.61. The Bertz CT molecular complexity index is 608. The Hall–Kier alpha value is -2.29. The Morgan fingerprint density at radius 3 is 2.90 bits per heavy atom. The summed E-state index contributed by atoms with van der Waals surface area (Å²) in [4.78, 5) is 31.2. The number of hydrogen-bond acceptors (Lipinski definition) is 9. The van der Waals surface area contributed by atoms with Gasteiger partial charge in [-0.25, -0.2) is 9.78 Å². The van der Waals surface area contributed by atoms with Crippen LogP contribution in [0.2, 0.25) is 0 Å². The minimum atomic E-state index is -0.627. The van der Waals surface area contributed by atoms with Crippen molar-refractivity contribution >= 4 is 28.2 Å². The summed E-state index contributed by atoms with van der Waals surface area (Å²) in [6.45, 7) is 1.88. The molecule has 2 aromatic heterocycles. The summed E-state index contributed by atoms with van der Waals surface area (Å²) in [5, 5.41) is 7.14. The molecule has 0 saturated heterocycles. The lowest BCUT2D eigenvalue weighted by atomic mass is 10.3. The third kappa shape index (κ3) is 3.18. The van der Waals surface area contributed by atoms with E-state index >= 15 is 0 Å². The topological polar surface area (TPSA) is 107 Å². The van der Waals surface area contributed by atoms with E-state index in [0.29, 0.717) is 23.9 Å². The van der Waals surface area contributed by atoms with Gasteiger partial charge in [0.05, 0.1) is 7.11 Å². The van der Waals surface area contributed by atoms with Gasteiger partial charge < -0.3 is 14.6 Å². The predicted molar refractivity (Wildman–Crippen MR) is 69.9 cm³/mol. The van der Waals surface area contributed by atoms with E-state index in [9.17, 15) is 9.59 Å². The van der Waals surface area contributed by atoms with Crippen LogP contribution in [-0.2, 0) is 11.2 Å². The van der Waals surface area contributed by atoms with Gasteiger partial charge in [-0.3, -0.25) is 4.79 Å². The summed E-state index contributed by atoms with van der Waals surface area (Å²) in [5.74, 6) is -0.291. The number of hydrogen-bond donors (Lipinski definition) is 1. The molecule has 0 spiro atoms. The fraction of sp³-hybridized carbons (Fsp3) is 0.364. The smallest absolute Gasteiger partial charge is 0.358 e. The van der Waals surface area contributed by atoms with Crippen molar-refractivity contribution in [1.82, 2.24) is 15.1 Å². The number of carbonyl (C=O) groups is 2. The Morgan fingerprint density at radius 1 is 1.50 bits per heavy atom. The molecule has 2 rings (SSSR count). The predicted octanol–water partition coefficient (Wildman–Crippen LogP) is 1.17. The molecule has 0 atom stereocenters. The Kier molecular flexibility index (Phi) is 4.41. The fourth-order valence-corrected chi connectivity index (χ4v) is 2.33. The van der Waals surface area contributed by atoms with Crippen LogP contribution in [-0.4, -0.2) is 40.5 Å². The second kappa shape index (κ2) is 6.24. The standard InChI is InChI=1S/C11H12N4O4S/c1-6(16)9-8(10(17)18-2)14-11(20-9)12-4-3-7-13-5-19-15-7/h5H,3-4H2,1-2H3,(H,12,14). The molecular weight excluding hydrogens is 284 g/mol. The maximum atomic E-state index is 11.5. The number of rotatable bonds is 6. The zero-order chi connectivity index (χ0) is 14.5. The lowest BCUT2D eigenvalue weighted by Crippen LogP contribution is -2.08. The van der Waals surface area contributed by atoms with E-state index in [1.807, 2.05) is 0 Å². The molecule has 2 heterocycles. The highest BCUT2D eigenvalue weighted by Crippen LogP contribution is 2.24. The maximum absolute atomic E-state index is 11.5. The van der Waals surface area contributed by atoms with Crippen LogP contribution in [0, 0.1) is 0 Å². The van der Waals surface area contributed by atoms with Crippen LogP contribution in [0.1, 0.15) is 32.9 Å². The third-order valence-electron chi connectivity index (χ3n) is 2.36. The number of ether oxygens (including phenoxy) is 1. The number of carbonyl (C=O) groups excluding carboxylic acids is 2. The first-order valence-electron chi connectivity index (χ1n) is 5.71. The molecule has 0 bridgehead atoms. The fourth-order valence-electron chi connectivity index (χ4n) is 1.45. The van der Waals surface area contributed by atoms with Crippen LogP contribution >= 0.6 is 11.3 Å². The van der Waals surface area contributed by atoms with Gasteiger partial charge in [-0.15, -0.1) is 0 Å². The SMILES string of the molecule is COC(=O)c1nc(NCCc2ncon2)sc1C(C)=O. The highest BCUT2D eigenvalue weighted by molar-refractivity contribution is 7.17. The van der Waals surface area contributed by atoms with E-state index in [1.165, 1.54) is 20.4 Å². The molecule has 0 unspecified atom stereocenters. The molecule has 2 aromatic rings. The highest BCUT2D eigenvalue weighted by atomic mass is 32.1. The summed E-state index contributed by atoms with van der Waals surface area (Å²) in [7, 11) is 1.24. The molecule has 106 valence electrons. The van der Waals surface area contributed by atoms with Crippen molar-refractivity contribution in [2.45, 2.75) is 13.3 Å². The monoisotopic (exact) mass is 296 g/mol. The van der Waals surface area contributed by atoms with E-state index in [1.54, 1.807) is 0 Å².